The third-order valence-corrected chi connectivity index (χ3v) is 7.31. The number of methoxy groups -OCH3 is 3. The average molecular weight is 557 g/mol. The molecule has 39 heavy (non-hydrogen) atoms. The number of amides is 1. The predicted molar refractivity (Wildman–Crippen MR) is 146 cm³/mol. The van der Waals surface area contributed by atoms with Crippen molar-refractivity contribution in [1.82, 2.24) is 4.72 Å². The molecule has 0 fully saturated rings. The summed E-state index contributed by atoms with van der Waals surface area (Å²) >= 11 is 0. The van der Waals surface area contributed by atoms with Crippen LogP contribution in [0.15, 0.2) is 65.6 Å². The van der Waals surface area contributed by atoms with Gasteiger partial charge in [0.25, 0.3) is 0 Å². The standard InChI is InChI=1S/C28H32N2O8S/c1-6-38-24-13-12-20(14-18(24)2)39(33,34)30-23(15-19-10-8-7-9-11-19)27(31)29-22-17-26(36-4)25(35-3)16-21(22)28(32)37-5/h7-14,16-17,23,30H,6,15H2,1-5H3,(H,29,31)/t23-/m0/s1. The molecule has 10 nitrogen and oxygen atoms in total. The Hall–Kier alpha value is -4.09. The number of rotatable bonds is 12. The monoisotopic (exact) mass is 556 g/mol. The van der Waals surface area contributed by atoms with Gasteiger partial charge in [-0.05, 0) is 49.6 Å². The van der Waals surface area contributed by atoms with E-state index in [0.717, 1.165) is 5.56 Å². The molecule has 0 aromatic heterocycles. The molecule has 3 aromatic rings. The van der Waals surface area contributed by atoms with Crippen molar-refractivity contribution < 1.29 is 37.0 Å². The van der Waals surface area contributed by atoms with Gasteiger partial charge in [-0.25, -0.2) is 13.2 Å². The first-order valence-corrected chi connectivity index (χ1v) is 13.6. The summed E-state index contributed by atoms with van der Waals surface area (Å²) < 4.78 is 50.2. The van der Waals surface area contributed by atoms with Crippen molar-refractivity contribution in [2.75, 3.05) is 33.3 Å². The Kier molecular flexibility index (Phi) is 9.91. The maximum atomic E-state index is 13.6. The van der Waals surface area contributed by atoms with Gasteiger partial charge in [0, 0.05) is 12.1 Å². The number of carbonyl (C=O) groups excluding carboxylic acids is 2. The minimum absolute atomic E-state index is 0.00644. The molecule has 2 N–H and O–H groups in total. The minimum atomic E-state index is -4.13. The van der Waals surface area contributed by atoms with Crippen molar-refractivity contribution >= 4 is 27.6 Å². The summed E-state index contributed by atoms with van der Waals surface area (Å²) in [6, 6.07) is 15.0. The lowest BCUT2D eigenvalue weighted by atomic mass is 10.1. The second-order valence-electron chi connectivity index (χ2n) is 8.46. The molecule has 0 aliphatic heterocycles. The summed E-state index contributed by atoms with van der Waals surface area (Å²) in [5, 5.41) is 2.66. The number of anilines is 1. The molecule has 0 heterocycles. The summed E-state index contributed by atoms with van der Waals surface area (Å²) in [7, 11) is -0.108. The molecule has 0 aliphatic carbocycles. The number of nitrogens with one attached hydrogen (secondary N) is 2. The van der Waals surface area contributed by atoms with Gasteiger partial charge in [-0.3, -0.25) is 4.79 Å². The van der Waals surface area contributed by atoms with E-state index < -0.39 is 27.9 Å². The van der Waals surface area contributed by atoms with Gasteiger partial charge in [-0.15, -0.1) is 0 Å². The molecule has 0 saturated heterocycles. The van der Waals surface area contributed by atoms with E-state index in [2.05, 4.69) is 10.0 Å². The fraction of sp³-hybridized carbons (Fsp3) is 0.286. The van der Waals surface area contributed by atoms with E-state index in [0.29, 0.717) is 17.9 Å². The van der Waals surface area contributed by atoms with Crippen LogP contribution in [-0.4, -0.2) is 54.3 Å². The van der Waals surface area contributed by atoms with Crippen LogP contribution in [0, 0.1) is 6.92 Å². The summed E-state index contributed by atoms with van der Waals surface area (Å²) in [5.41, 5.74) is 1.44. The van der Waals surface area contributed by atoms with Crippen molar-refractivity contribution in [2.45, 2.75) is 31.2 Å². The molecule has 208 valence electrons. The van der Waals surface area contributed by atoms with E-state index >= 15 is 0 Å². The van der Waals surface area contributed by atoms with E-state index in [1.807, 2.05) is 13.0 Å². The van der Waals surface area contributed by atoms with Crippen LogP contribution in [0.3, 0.4) is 0 Å². The van der Waals surface area contributed by atoms with E-state index in [4.69, 9.17) is 18.9 Å². The molecule has 0 saturated carbocycles. The van der Waals surface area contributed by atoms with Crippen LogP contribution in [-0.2, 0) is 26.0 Å². The smallest absolute Gasteiger partial charge is 0.340 e. The molecule has 0 unspecified atom stereocenters. The van der Waals surface area contributed by atoms with Crippen molar-refractivity contribution in [1.29, 1.82) is 0 Å². The van der Waals surface area contributed by atoms with Crippen molar-refractivity contribution in [3.63, 3.8) is 0 Å². The number of hydrogen-bond donors (Lipinski definition) is 2. The van der Waals surface area contributed by atoms with Crippen molar-refractivity contribution in [3.8, 4) is 17.2 Å². The summed E-state index contributed by atoms with van der Waals surface area (Å²) in [6.07, 6.45) is 0.0444. The highest BCUT2D eigenvalue weighted by atomic mass is 32.2. The fourth-order valence-corrected chi connectivity index (χ4v) is 5.16. The van der Waals surface area contributed by atoms with Crippen LogP contribution in [0.1, 0.15) is 28.4 Å². The van der Waals surface area contributed by atoms with Crippen LogP contribution in [0.4, 0.5) is 5.69 Å². The zero-order valence-electron chi connectivity index (χ0n) is 22.4. The second kappa shape index (κ2) is 13.1. The van der Waals surface area contributed by atoms with E-state index in [9.17, 15) is 18.0 Å². The highest BCUT2D eigenvalue weighted by molar-refractivity contribution is 7.89. The Morgan fingerprint density at radius 2 is 1.56 bits per heavy atom. The molecular weight excluding hydrogens is 524 g/mol. The lowest BCUT2D eigenvalue weighted by molar-refractivity contribution is -0.117. The first-order valence-electron chi connectivity index (χ1n) is 12.1. The third kappa shape index (κ3) is 7.27. The van der Waals surface area contributed by atoms with E-state index in [-0.39, 0.29) is 34.1 Å². The molecule has 11 heteroatoms. The summed E-state index contributed by atoms with van der Waals surface area (Å²) in [4.78, 5) is 26.0. The van der Waals surface area contributed by atoms with Crippen LogP contribution in [0.5, 0.6) is 17.2 Å². The zero-order valence-corrected chi connectivity index (χ0v) is 23.3. The number of esters is 1. The Labute approximate surface area is 228 Å². The van der Waals surface area contributed by atoms with Gasteiger partial charge in [0.05, 0.1) is 44.1 Å². The highest BCUT2D eigenvalue weighted by Gasteiger charge is 2.28. The number of hydrogen-bond acceptors (Lipinski definition) is 8. The van der Waals surface area contributed by atoms with Crippen LogP contribution < -0.4 is 24.2 Å². The van der Waals surface area contributed by atoms with E-state index in [1.165, 1.54) is 45.6 Å². The van der Waals surface area contributed by atoms with Gasteiger partial charge in [-0.1, -0.05) is 30.3 Å². The maximum absolute atomic E-state index is 13.6. The van der Waals surface area contributed by atoms with E-state index in [1.54, 1.807) is 37.3 Å². The minimum Gasteiger partial charge on any atom is -0.494 e. The highest BCUT2D eigenvalue weighted by Crippen LogP contribution is 2.34. The van der Waals surface area contributed by atoms with Gasteiger partial charge in [0.2, 0.25) is 15.9 Å². The Morgan fingerprint density at radius 1 is 0.897 bits per heavy atom. The molecule has 0 aliphatic rings. The Morgan fingerprint density at radius 3 is 2.15 bits per heavy atom. The number of sulfonamides is 1. The topological polar surface area (TPSA) is 129 Å². The lowest BCUT2D eigenvalue weighted by Gasteiger charge is -2.21. The number of ether oxygens (including phenoxy) is 4. The maximum Gasteiger partial charge on any atom is 0.340 e. The van der Waals surface area contributed by atoms with Gasteiger partial charge < -0.3 is 24.3 Å². The van der Waals surface area contributed by atoms with Gasteiger partial charge in [0.1, 0.15) is 11.8 Å². The first-order chi connectivity index (χ1) is 18.6. The molecule has 3 rings (SSSR count). The second-order valence-corrected chi connectivity index (χ2v) is 10.2. The zero-order chi connectivity index (χ0) is 28.6. The van der Waals surface area contributed by atoms with Crippen LogP contribution in [0.25, 0.3) is 0 Å². The molecule has 3 aromatic carbocycles. The quantitative estimate of drug-likeness (QED) is 0.323. The fourth-order valence-electron chi connectivity index (χ4n) is 3.88. The first kappa shape index (κ1) is 29.5. The molecule has 0 bridgehead atoms. The molecular formula is C28H32N2O8S. The van der Waals surface area contributed by atoms with Crippen LogP contribution >= 0.6 is 0 Å². The van der Waals surface area contributed by atoms with Crippen molar-refractivity contribution in [2.24, 2.45) is 0 Å². The molecule has 1 amide bonds. The average Bonchev–Trinajstić information content (AvgIpc) is 2.93. The van der Waals surface area contributed by atoms with Crippen LogP contribution in [0.2, 0.25) is 0 Å². The lowest BCUT2D eigenvalue weighted by Crippen LogP contribution is -2.45. The third-order valence-electron chi connectivity index (χ3n) is 5.84. The number of aryl methyl sites for hydroxylation is 1. The Bertz CT molecular complexity index is 1420. The molecule has 0 spiro atoms. The van der Waals surface area contributed by atoms with Gasteiger partial charge >= 0.3 is 5.97 Å². The summed E-state index contributed by atoms with van der Waals surface area (Å²) in [5.74, 6) is -0.341. The summed E-state index contributed by atoms with van der Waals surface area (Å²) in [6.45, 7) is 4.01. The normalized spacial score (nSPS) is 11.8. The SMILES string of the molecule is CCOc1ccc(S(=O)(=O)N[C@@H](Cc2ccccc2)C(=O)Nc2cc(OC)c(OC)cc2C(=O)OC)cc1C. The van der Waals surface area contributed by atoms with Gasteiger partial charge in [-0.2, -0.15) is 4.72 Å². The molecule has 1 atom stereocenters. The number of benzene rings is 3. The largest absolute Gasteiger partial charge is 0.494 e. The predicted octanol–water partition coefficient (Wildman–Crippen LogP) is 3.73. The van der Waals surface area contributed by atoms with Crippen molar-refractivity contribution in [3.05, 3.63) is 77.4 Å². The number of carbonyl (C=O) groups is 2. The Balaban J connectivity index is 1.99. The molecule has 0 radical (unpaired) electrons. The van der Waals surface area contributed by atoms with Gasteiger partial charge in [0.15, 0.2) is 11.5 Å².